The van der Waals surface area contributed by atoms with Crippen molar-refractivity contribution in [2.75, 3.05) is 6.61 Å². The van der Waals surface area contributed by atoms with E-state index in [0.29, 0.717) is 6.42 Å². The van der Waals surface area contributed by atoms with Crippen LogP contribution in [-0.2, 0) is 17.6 Å². The second-order valence-electron chi connectivity index (χ2n) is 2.82. The van der Waals surface area contributed by atoms with Crippen LogP contribution in [0.2, 0.25) is 0 Å². The van der Waals surface area contributed by atoms with Gasteiger partial charge in [0.25, 0.3) is 0 Å². The molecule has 3 heteroatoms. The molecule has 0 aliphatic carbocycles. The molecule has 1 aliphatic heterocycles. The minimum Gasteiger partial charge on any atom is -0.492 e. The molecule has 0 aromatic carbocycles. The van der Waals surface area contributed by atoms with Crippen molar-refractivity contribution in [3.63, 3.8) is 0 Å². The van der Waals surface area contributed by atoms with Crippen molar-refractivity contribution in [1.82, 2.24) is 0 Å². The van der Waals surface area contributed by atoms with Gasteiger partial charge in [0.15, 0.2) is 0 Å². The van der Waals surface area contributed by atoms with Crippen LogP contribution in [-0.4, -0.2) is 12.9 Å². The number of rotatable bonds is 3. The van der Waals surface area contributed by atoms with Gasteiger partial charge in [-0.15, -0.1) is 11.3 Å². The standard InChI is InChI=1S/C9H10O2S/c10-4-1-2-8-9-7(6-12-8)3-5-11-9/h4,6H,1-3,5H2. The third-order valence-electron chi connectivity index (χ3n) is 2.00. The number of thiophene rings is 1. The van der Waals surface area contributed by atoms with Gasteiger partial charge >= 0.3 is 0 Å². The molecule has 0 fully saturated rings. The molecule has 2 rings (SSSR count). The van der Waals surface area contributed by atoms with Crippen molar-refractivity contribution in [1.29, 1.82) is 0 Å². The Balaban J connectivity index is 2.16. The van der Waals surface area contributed by atoms with Crippen molar-refractivity contribution in [2.24, 2.45) is 0 Å². The van der Waals surface area contributed by atoms with Gasteiger partial charge in [-0.3, -0.25) is 0 Å². The highest BCUT2D eigenvalue weighted by Gasteiger charge is 2.17. The van der Waals surface area contributed by atoms with Gasteiger partial charge < -0.3 is 9.53 Å². The molecule has 0 saturated carbocycles. The fourth-order valence-corrected chi connectivity index (χ4v) is 2.44. The molecule has 0 unspecified atom stereocenters. The predicted molar refractivity (Wildman–Crippen MR) is 47.9 cm³/mol. The summed E-state index contributed by atoms with van der Waals surface area (Å²) in [5.74, 6) is 1.06. The first-order chi connectivity index (χ1) is 5.92. The lowest BCUT2D eigenvalue weighted by Gasteiger charge is -1.97. The van der Waals surface area contributed by atoms with Crippen LogP contribution >= 0.6 is 11.3 Å². The summed E-state index contributed by atoms with van der Waals surface area (Å²) in [5.41, 5.74) is 1.32. The second-order valence-corrected chi connectivity index (χ2v) is 3.78. The maximum atomic E-state index is 10.2. The van der Waals surface area contributed by atoms with E-state index in [1.807, 2.05) is 0 Å². The summed E-state index contributed by atoms with van der Waals surface area (Å²) in [6.45, 7) is 0.812. The number of aryl methyl sites for hydroxylation is 1. The molecule has 1 aromatic heterocycles. The third-order valence-corrected chi connectivity index (χ3v) is 3.07. The van der Waals surface area contributed by atoms with Crippen LogP contribution in [0.15, 0.2) is 5.38 Å². The molecular weight excluding hydrogens is 172 g/mol. The van der Waals surface area contributed by atoms with Crippen LogP contribution in [0.5, 0.6) is 5.75 Å². The summed E-state index contributed by atoms with van der Waals surface area (Å²) in [7, 11) is 0. The molecule has 2 heterocycles. The van der Waals surface area contributed by atoms with Crippen LogP contribution in [0.25, 0.3) is 0 Å². The Morgan fingerprint density at radius 3 is 3.42 bits per heavy atom. The lowest BCUT2D eigenvalue weighted by atomic mass is 10.2. The molecule has 12 heavy (non-hydrogen) atoms. The predicted octanol–water partition coefficient (Wildman–Crippen LogP) is 1.81. The van der Waals surface area contributed by atoms with Crippen molar-refractivity contribution in [2.45, 2.75) is 19.3 Å². The Morgan fingerprint density at radius 1 is 1.67 bits per heavy atom. The van der Waals surface area contributed by atoms with E-state index in [1.165, 1.54) is 10.4 Å². The number of aldehydes is 1. The van der Waals surface area contributed by atoms with E-state index in [2.05, 4.69) is 5.38 Å². The highest BCUT2D eigenvalue weighted by molar-refractivity contribution is 7.10. The fourth-order valence-electron chi connectivity index (χ4n) is 1.40. The summed E-state index contributed by atoms with van der Waals surface area (Å²) in [6.07, 6.45) is 3.44. The van der Waals surface area contributed by atoms with Crippen LogP contribution in [0.1, 0.15) is 16.9 Å². The van der Waals surface area contributed by atoms with Gasteiger partial charge in [0, 0.05) is 23.3 Å². The van der Waals surface area contributed by atoms with Crippen LogP contribution in [0.4, 0.5) is 0 Å². The van der Waals surface area contributed by atoms with Crippen molar-refractivity contribution in [3.05, 3.63) is 15.8 Å². The normalized spacial score (nSPS) is 14.0. The smallest absolute Gasteiger partial charge is 0.136 e. The van der Waals surface area contributed by atoms with Crippen molar-refractivity contribution < 1.29 is 9.53 Å². The first-order valence-electron chi connectivity index (χ1n) is 4.07. The maximum Gasteiger partial charge on any atom is 0.136 e. The molecule has 0 amide bonds. The third kappa shape index (κ3) is 1.25. The Bertz CT molecular complexity index is 291. The van der Waals surface area contributed by atoms with E-state index >= 15 is 0 Å². The average Bonchev–Trinajstić information content (AvgIpc) is 2.62. The maximum absolute atomic E-state index is 10.2. The number of carbonyl (C=O) groups excluding carboxylic acids is 1. The Morgan fingerprint density at radius 2 is 2.58 bits per heavy atom. The fraction of sp³-hybridized carbons (Fsp3) is 0.444. The lowest BCUT2D eigenvalue weighted by molar-refractivity contribution is -0.107. The zero-order chi connectivity index (χ0) is 8.39. The average molecular weight is 182 g/mol. The van der Waals surface area contributed by atoms with Gasteiger partial charge in [0.1, 0.15) is 12.0 Å². The largest absolute Gasteiger partial charge is 0.492 e. The second kappa shape index (κ2) is 3.27. The molecule has 0 radical (unpaired) electrons. The molecule has 1 aliphatic rings. The number of carbonyl (C=O) groups is 1. The molecule has 64 valence electrons. The molecule has 0 N–H and O–H groups in total. The summed E-state index contributed by atoms with van der Waals surface area (Å²) in [4.78, 5) is 11.4. The summed E-state index contributed by atoms with van der Waals surface area (Å²) in [6, 6.07) is 0. The Kier molecular flexibility index (Phi) is 2.13. The van der Waals surface area contributed by atoms with Gasteiger partial charge in [-0.2, -0.15) is 0 Å². The van der Waals surface area contributed by atoms with Gasteiger partial charge in [-0.25, -0.2) is 0 Å². The number of hydrogen-bond acceptors (Lipinski definition) is 3. The summed E-state index contributed by atoms with van der Waals surface area (Å²) < 4.78 is 5.46. The van der Waals surface area contributed by atoms with E-state index in [4.69, 9.17) is 4.74 Å². The van der Waals surface area contributed by atoms with Gasteiger partial charge in [-0.1, -0.05) is 0 Å². The van der Waals surface area contributed by atoms with Crippen LogP contribution < -0.4 is 4.74 Å². The zero-order valence-electron chi connectivity index (χ0n) is 6.71. The van der Waals surface area contributed by atoms with E-state index < -0.39 is 0 Å². The molecule has 0 spiro atoms. The molecule has 0 bridgehead atoms. The molecule has 0 saturated heterocycles. The quantitative estimate of drug-likeness (QED) is 0.666. The lowest BCUT2D eigenvalue weighted by Crippen LogP contribution is -1.90. The zero-order valence-corrected chi connectivity index (χ0v) is 7.52. The topological polar surface area (TPSA) is 26.3 Å². The van der Waals surface area contributed by atoms with Crippen LogP contribution in [0.3, 0.4) is 0 Å². The van der Waals surface area contributed by atoms with E-state index in [-0.39, 0.29) is 0 Å². The van der Waals surface area contributed by atoms with Gasteiger partial charge in [0.05, 0.1) is 6.61 Å². The molecule has 0 atom stereocenters. The number of hydrogen-bond donors (Lipinski definition) is 0. The Hall–Kier alpha value is -0.830. The summed E-state index contributed by atoms with van der Waals surface area (Å²) >= 11 is 1.71. The van der Waals surface area contributed by atoms with Crippen LogP contribution in [0, 0.1) is 0 Å². The SMILES string of the molecule is O=CCCc1scc2c1OCC2. The Labute approximate surface area is 75.2 Å². The van der Waals surface area contributed by atoms with Crippen molar-refractivity contribution >= 4 is 17.6 Å². The van der Waals surface area contributed by atoms with Crippen molar-refractivity contribution in [3.8, 4) is 5.75 Å². The van der Waals surface area contributed by atoms with E-state index in [1.54, 1.807) is 11.3 Å². The molecule has 1 aromatic rings. The van der Waals surface area contributed by atoms with E-state index in [0.717, 1.165) is 31.5 Å². The minimum absolute atomic E-state index is 0.607. The molecule has 2 nitrogen and oxygen atoms in total. The first kappa shape index (κ1) is 7.80. The number of fused-ring (bicyclic) bond motifs is 1. The minimum atomic E-state index is 0.607. The first-order valence-corrected chi connectivity index (χ1v) is 4.95. The van der Waals surface area contributed by atoms with Gasteiger partial charge in [0.2, 0.25) is 0 Å². The highest BCUT2D eigenvalue weighted by Crippen LogP contribution is 2.35. The monoisotopic (exact) mass is 182 g/mol. The summed E-state index contributed by atoms with van der Waals surface area (Å²) in [5, 5.41) is 2.14. The van der Waals surface area contributed by atoms with E-state index in [9.17, 15) is 4.79 Å². The number of ether oxygens (including phenoxy) is 1. The molecular formula is C9H10O2S. The van der Waals surface area contributed by atoms with Gasteiger partial charge in [-0.05, 0) is 11.8 Å². The highest BCUT2D eigenvalue weighted by atomic mass is 32.1.